The lowest BCUT2D eigenvalue weighted by molar-refractivity contribution is -0.118. The number of thioether (sulfide) groups is 1. The summed E-state index contributed by atoms with van der Waals surface area (Å²) < 4.78 is 7.52. The van der Waals surface area contributed by atoms with Crippen LogP contribution in [0.2, 0.25) is 0 Å². The molecule has 0 spiro atoms. The standard InChI is InChI=1S/C26H26N4O3S/c1-17(2)25(32)27-21-13-11-20(12-14-21)23(31)18(3)34-26-29-28-24(22-10-7-15-33-22)30(26)16-19-8-5-4-6-9-19/h4-15,17-18H,16H2,1-3H3,(H,27,32). The van der Waals surface area contributed by atoms with Crippen LogP contribution in [0, 0.1) is 5.92 Å². The second kappa shape index (κ2) is 10.5. The first-order valence-corrected chi connectivity index (χ1v) is 11.9. The number of amides is 1. The fourth-order valence-electron chi connectivity index (χ4n) is 3.32. The summed E-state index contributed by atoms with van der Waals surface area (Å²) in [5.74, 6) is 1.03. The van der Waals surface area contributed by atoms with Crippen molar-refractivity contribution in [2.45, 2.75) is 37.7 Å². The molecule has 34 heavy (non-hydrogen) atoms. The van der Waals surface area contributed by atoms with Gasteiger partial charge in [0.05, 0.1) is 18.1 Å². The molecule has 0 saturated carbocycles. The SMILES string of the molecule is CC(C)C(=O)Nc1ccc(C(=O)C(C)Sc2nnc(-c3ccco3)n2Cc2ccccc2)cc1. The zero-order valence-electron chi connectivity index (χ0n) is 19.3. The predicted octanol–water partition coefficient (Wildman–Crippen LogP) is 5.54. The van der Waals surface area contributed by atoms with Crippen LogP contribution >= 0.6 is 11.8 Å². The highest BCUT2D eigenvalue weighted by atomic mass is 32.2. The lowest BCUT2D eigenvalue weighted by Gasteiger charge is -2.13. The number of rotatable bonds is 9. The number of furan rings is 1. The Morgan fingerprint density at radius 3 is 2.35 bits per heavy atom. The van der Waals surface area contributed by atoms with E-state index in [2.05, 4.69) is 15.5 Å². The van der Waals surface area contributed by atoms with Crippen molar-refractivity contribution in [3.8, 4) is 11.6 Å². The van der Waals surface area contributed by atoms with Gasteiger partial charge in [-0.2, -0.15) is 0 Å². The maximum absolute atomic E-state index is 13.1. The van der Waals surface area contributed by atoms with E-state index in [0.29, 0.717) is 34.5 Å². The Hall–Kier alpha value is -3.65. The molecule has 0 aliphatic heterocycles. The van der Waals surface area contributed by atoms with E-state index in [4.69, 9.17) is 4.42 Å². The third kappa shape index (κ3) is 5.46. The molecule has 174 valence electrons. The van der Waals surface area contributed by atoms with Crippen molar-refractivity contribution < 1.29 is 14.0 Å². The molecule has 7 nitrogen and oxygen atoms in total. The topological polar surface area (TPSA) is 90.0 Å². The van der Waals surface area contributed by atoms with Crippen molar-refractivity contribution in [1.82, 2.24) is 14.8 Å². The Bertz CT molecular complexity index is 1250. The van der Waals surface area contributed by atoms with Gasteiger partial charge in [-0.3, -0.25) is 14.2 Å². The van der Waals surface area contributed by atoms with E-state index in [9.17, 15) is 9.59 Å². The zero-order valence-corrected chi connectivity index (χ0v) is 20.1. The Kier molecular flexibility index (Phi) is 7.27. The minimum atomic E-state index is -0.390. The molecule has 0 aliphatic carbocycles. The van der Waals surface area contributed by atoms with Crippen LogP contribution < -0.4 is 5.32 Å². The first-order valence-electron chi connectivity index (χ1n) is 11.0. The molecule has 0 radical (unpaired) electrons. The molecule has 1 atom stereocenters. The van der Waals surface area contributed by atoms with Gasteiger partial charge in [0.15, 0.2) is 16.7 Å². The number of hydrogen-bond donors (Lipinski definition) is 1. The smallest absolute Gasteiger partial charge is 0.226 e. The van der Waals surface area contributed by atoms with Crippen LogP contribution in [0.1, 0.15) is 36.7 Å². The van der Waals surface area contributed by atoms with Gasteiger partial charge in [0.2, 0.25) is 11.7 Å². The van der Waals surface area contributed by atoms with Crippen LogP contribution in [0.15, 0.2) is 82.6 Å². The summed E-state index contributed by atoms with van der Waals surface area (Å²) in [5, 5.41) is 11.8. The number of hydrogen-bond acceptors (Lipinski definition) is 6. The van der Waals surface area contributed by atoms with Crippen LogP contribution in [-0.4, -0.2) is 31.7 Å². The molecule has 1 N–H and O–H groups in total. The molecule has 0 aliphatic rings. The van der Waals surface area contributed by atoms with Crippen LogP contribution in [-0.2, 0) is 11.3 Å². The first kappa shape index (κ1) is 23.5. The molecule has 8 heteroatoms. The molecular formula is C26H26N4O3S. The maximum Gasteiger partial charge on any atom is 0.226 e. The van der Waals surface area contributed by atoms with E-state index in [1.807, 2.05) is 67.8 Å². The van der Waals surface area contributed by atoms with Gasteiger partial charge in [0.1, 0.15) is 0 Å². The van der Waals surface area contributed by atoms with Crippen molar-refractivity contribution in [2.24, 2.45) is 5.92 Å². The van der Waals surface area contributed by atoms with Crippen molar-refractivity contribution in [2.75, 3.05) is 5.32 Å². The van der Waals surface area contributed by atoms with Gasteiger partial charge >= 0.3 is 0 Å². The quantitative estimate of drug-likeness (QED) is 0.253. The number of ketones is 1. The summed E-state index contributed by atoms with van der Waals surface area (Å²) in [5.41, 5.74) is 2.33. The highest BCUT2D eigenvalue weighted by molar-refractivity contribution is 8.00. The lowest BCUT2D eigenvalue weighted by atomic mass is 10.1. The van der Waals surface area contributed by atoms with Crippen molar-refractivity contribution >= 4 is 29.1 Å². The normalized spacial score (nSPS) is 12.0. The highest BCUT2D eigenvalue weighted by Gasteiger charge is 2.23. The zero-order chi connectivity index (χ0) is 24.1. The summed E-state index contributed by atoms with van der Waals surface area (Å²) in [6.45, 7) is 6.08. The van der Waals surface area contributed by atoms with E-state index in [0.717, 1.165) is 5.56 Å². The molecule has 2 heterocycles. The number of aromatic nitrogens is 3. The van der Waals surface area contributed by atoms with Gasteiger partial charge in [-0.25, -0.2) is 0 Å². The summed E-state index contributed by atoms with van der Waals surface area (Å²) in [4.78, 5) is 25.0. The highest BCUT2D eigenvalue weighted by Crippen LogP contribution is 2.29. The summed E-state index contributed by atoms with van der Waals surface area (Å²) >= 11 is 1.36. The van der Waals surface area contributed by atoms with Gasteiger partial charge in [-0.1, -0.05) is 55.9 Å². The molecule has 0 bridgehead atoms. The van der Waals surface area contributed by atoms with E-state index in [1.165, 1.54) is 11.8 Å². The predicted molar refractivity (Wildman–Crippen MR) is 133 cm³/mol. The second-order valence-corrected chi connectivity index (χ2v) is 9.51. The summed E-state index contributed by atoms with van der Waals surface area (Å²) in [6, 6.07) is 20.6. The fourth-order valence-corrected chi connectivity index (χ4v) is 4.25. The van der Waals surface area contributed by atoms with Gasteiger partial charge < -0.3 is 9.73 Å². The largest absolute Gasteiger partial charge is 0.461 e. The number of Topliss-reactive ketones (excluding diaryl/α,β-unsaturated/α-hetero) is 1. The number of nitrogens with one attached hydrogen (secondary N) is 1. The van der Waals surface area contributed by atoms with Crippen LogP contribution in [0.4, 0.5) is 5.69 Å². The average molecular weight is 475 g/mol. The number of anilines is 1. The van der Waals surface area contributed by atoms with Gasteiger partial charge in [0.25, 0.3) is 0 Å². The molecule has 1 unspecified atom stereocenters. The molecule has 0 fully saturated rings. The van der Waals surface area contributed by atoms with Crippen molar-refractivity contribution in [3.63, 3.8) is 0 Å². The Morgan fingerprint density at radius 2 is 1.71 bits per heavy atom. The lowest BCUT2D eigenvalue weighted by Crippen LogP contribution is -2.18. The second-order valence-electron chi connectivity index (χ2n) is 8.20. The van der Waals surface area contributed by atoms with E-state index in [1.54, 1.807) is 30.5 Å². The summed E-state index contributed by atoms with van der Waals surface area (Å²) in [6.07, 6.45) is 1.60. The number of benzene rings is 2. The molecule has 1 amide bonds. The molecule has 4 aromatic rings. The Balaban J connectivity index is 1.52. The molecule has 2 aromatic carbocycles. The third-order valence-electron chi connectivity index (χ3n) is 5.25. The number of nitrogens with zero attached hydrogens (tertiary/aromatic N) is 3. The molecule has 2 aromatic heterocycles. The molecule has 0 saturated heterocycles. The van der Waals surface area contributed by atoms with Crippen LogP contribution in [0.3, 0.4) is 0 Å². The van der Waals surface area contributed by atoms with Gasteiger partial charge in [-0.05, 0) is 48.9 Å². The molecule has 4 rings (SSSR count). The number of carbonyl (C=O) groups excluding carboxylic acids is 2. The number of carbonyl (C=O) groups is 2. The summed E-state index contributed by atoms with van der Waals surface area (Å²) in [7, 11) is 0. The monoisotopic (exact) mass is 474 g/mol. The van der Waals surface area contributed by atoms with Crippen LogP contribution in [0.5, 0.6) is 0 Å². The van der Waals surface area contributed by atoms with Crippen molar-refractivity contribution in [1.29, 1.82) is 0 Å². The Morgan fingerprint density at radius 1 is 0.971 bits per heavy atom. The van der Waals surface area contributed by atoms with Crippen LogP contribution in [0.25, 0.3) is 11.6 Å². The first-order chi connectivity index (χ1) is 16.4. The minimum Gasteiger partial charge on any atom is -0.461 e. The third-order valence-corrected chi connectivity index (χ3v) is 6.34. The Labute approximate surface area is 202 Å². The average Bonchev–Trinajstić information content (AvgIpc) is 3.50. The molecular weight excluding hydrogens is 448 g/mol. The maximum atomic E-state index is 13.1. The van der Waals surface area contributed by atoms with E-state index < -0.39 is 0 Å². The van der Waals surface area contributed by atoms with E-state index in [-0.39, 0.29) is 22.9 Å². The van der Waals surface area contributed by atoms with E-state index >= 15 is 0 Å². The fraction of sp³-hybridized carbons (Fsp3) is 0.231. The van der Waals surface area contributed by atoms with Gasteiger partial charge in [-0.15, -0.1) is 10.2 Å². The minimum absolute atomic E-state index is 0.0273. The van der Waals surface area contributed by atoms with Crippen molar-refractivity contribution in [3.05, 3.63) is 84.1 Å². The van der Waals surface area contributed by atoms with Gasteiger partial charge in [0, 0.05) is 17.2 Å².